The number of β-amino-alcohol motifs (C(OH)–C–C–N with tert-alkyl or cyclic N) is 1. The van der Waals surface area contributed by atoms with Crippen molar-refractivity contribution < 1.29 is 5.11 Å². The lowest BCUT2D eigenvalue weighted by atomic mass is 10.3. The molecule has 1 aliphatic heterocycles. The first-order valence-electron chi connectivity index (χ1n) is 5.76. The maximum atomic E-state index is 9.51. The van der Waals surface area contributed by atoms with Gasteiger partial charge in [-0.25, -0.2) is 4.98 Å². The molecule has 0 unspecified atom stereocenters. The zero-order chi connectivity index (χ0) is 11.8. The van der Waals surface area contributed by atoms with Crippen LogP contribution in [0.2, 0.25) is 5.15 Å². The third-order valence-electron chi connectivity index (χ3n) is 3.20. The number of fused-ring (bicyclic) bond motifs is 1. The summed E-state index contributed by atoms with van der Waals surface area (Å²) in [5, 5.41) is 10.1. The summed E-state index contributed by atoms with van der Waals surface area (Å²) >= 11 is 6.16. The molecule has 1 fully saturated rings. The van der Waals surface area contributed by atoms with Crippen LogP contribution in [-0.2, 0) is 6.54 Å². The Morgan fingerprint density at radius 3 is 3.12 bits per heavy atom. The number of hydrogen-bond acceptors (Lipinski definition) is 3. The first kappa shape index (κ1) is 11.0. The average Bonchev–Trinajstić information content (AvgIpc) is 2.85. The molecular weight excluding hydrogens is 238 g/mol. The van der Waals surface area contributed by atoms with Crippen molar-refractivity contribution in [3.63, 3.8) is 0 Å². The largest absolute Gasteiger partial charge is 0.392 e. The van der Waals surface area contributed by atoms with Crippen LogP contribution in [0.15, 0.2) is 24.4 Å². The van der Waals surface area contributed by atoms with Gasteiger partial charge in [-0.1, -0.05) is 17.7 Å². The minimum atomic E-state index is -0.201. The Morgan fingerprint density at radius 1 is 1.47 bits per heavy atom. The van der Waals surface area contributed by atoms with Crippen LogP contribution in [0, 0.1) is 0 Å². The fourth-order valence-corrected chi connectivity index (χ4v) is 2.56. The van der Waals surface area contributed by atoms with Crippen molar-refractivity contribution in [1.82, 2.24) is 14.3 Å². The van der Waals surface area contributed by atoms with Gasteiger partial charge in [-0.05, 0) is 18.6 Å². The SMILES string of the molecule is O[C@@H]1CCN(Cc2c(Cl)nc3ccccn23)C1. The molecule has 5 heteroatoms. The Kier molecular flexibility index (Phi) is 2.78. The molecule has 0 bridgehead atoms. The zero-order valence-electron chi connectivity index (χ0n) is 9.38. The Balaban J connectivity index is 1.91. The van der Waals surface area contributed by atoms with Gasteiger partial charge in [0.1, 0.15) is 5.65 Å². The summed E-state index contributed by atoms with van der Waals surface area (Å²) in [6.45, 7) is 2.37. The van der Waals surface area contributed by atoms with E-state index in [1.165, 1.54) is 0 Å². The molecule has 1 saturated heterocycles. The highest BCUT2D eigenvalue weighted by molar-refractivity contribution is 6.30. The third-order valence-corrected chi connectivity index (χ3v) is 3.50. The Morgan fingerprint density at radius 2 is 2.35 bits per heavy atom. The highest BCUT2D eigenvalue weighted by atomic mass is 35.5. The standard InChI is InChI=1S/C12H14ClN3O/c13-12-10(8-15-6-4-9(17)7-15)16-5-2-1-3-11(16)14-12/h1-3,5,9,17H,4,6-8H2/t9-/m1/s1. The number of hydrogen-bond donors (Lipinski definition) is 1. The van der Waals surface area contributed by atoms with Crippen LogP contribution in [-0.4, -0.2) is 38.6 Å². The van der Waals surface area contributed by atoms with E-state index in [-0.39, 0.29) is 6.10 Å². The van der Waals surface area contributed by atoms with Crippen LogP contribution in [0.4, 0.5) is 0 Å². The maximum Gasteiger partial charge on any atom is 0.152 e. The van der Waals surface area contributed by atoms with E-state index < -0.39 is 0 Å². The van der Waals surface area contributed by atoms with Gasteiger partial charge in [0.05, 0.1) is 11.8 Å². The van der Waals surface area contributed by atoms with Crippen molar-refractivity contribution >= 4 is 17.2 Å². The quantitative estimate of drug-likeness (QED) is 0.881. The summed E-state index contributed by atoms with van der Waals surface area (Å²) < 4.78 is 2.01. The van der Waals surface area contributed by atoms with E-state index in [0.717, 1.165) is 37.4 Å². The summed E-state index contributed by atoms with van der Waals surface area (Å²) in [4.78, 5) is 6.51. The van der Waals surface area contributed by atoms with Crippen molar-refractivity contribution in [2.45, 2.75) is 19.1 Å². The van der Waals surface area contributed by atoms with Crippen molar-refractivity contribution in [1.29, 1.82) is 0 Å². The highest BCUT2D eigenvalue weighted by Gasteiger charge is 2.22. The van der Waals surface area contributed by atoms with Crippen LogP contribution >= 0.6 is 11.6 Å². The van der Waals surface area contributed by atoms with E-state index in [0.29, 0.717) is 5.15 Å². The number of pyridine rings is 1. The smallest absolute Gasteiger partial charge is 0.152 e. The number of rotatable bonds is 2. The molecule has 1 N–H and O–H groups in total. The van der Waals surface area contributed by atoms with E-state index in [1.807, 2.05) is 28.8 Å². The van der Waals surface area contributed by atoms with Crippen LogP contribution in [0.5, 0.6) is 0 Å². The zero-order valence-corrected chi connectivity index (χ0v) is 10.1. The molecule has 4 nitrogen and oxygen atoms in total. The number of aliphatic hydroxyl groups is 1. The molecule has 2 aromatic heterocycles. The fraction of sp³-hybridized carbons (Fsp3) is 0.417. The molecule has 3 rings (SSSR count). The topological polar surface area (TPSA) is 40.8 Å². The van der Waals surface area contributed by atoms with Crippen LogP contribution in [0.1, 0.15) is 12.1 Å². The summed E-state index contributed by atoms with van der Waals surface area (Å²) in [5.41, 5.74) is 1.86. The summed E-state index contributed by atoms with van der Waals surface area (Å²) in [6.07, 6.45) is 2.61. The number of aliphatic hydroxyl groups excluding tert-OH is 1. The van der Waals surface area contributed by atoms with Crippen LogP contribution < -0.4 is 0 Å². The average molecular weight is 252 g/mol. The molecule has 90 valence electrons. The van der Waals surface area contributed by atoms with E-state index in [9.17, 15) is 5.11 Å². The van der Waals surface area contributed by atoms with Crippen molar-refractivity contribution in [3.05, 3.63) is 35.2 Å². The van der Waals surface area contributed by atoms with Gasteiger partial charge in [-0.3, -0.25) is 4.90 Å². The lowest BCUT2D eigenvalue weighted by Gasteiger charge is -2.14. The first-order valence-corrected chi connectivity index (χ1v) is 6.14. The van der Waals surface area contributed by atoms with Gasteiger partial charge in [0, 0.05) is 25.8 Å². The van der Waals surface area contributed by atoms with E-state index in [1.54, 1.807) is 0 Å². The summed E-state index contributed by atoms with van der Waals surface area (Å²) in [6, 6.07) is 5.85. The van der Waals surface area contributed by atoms with Crippen molar-refractivity contribution in [2.24, 2.45) is 0 Å². The lowest BCUT2D eigenvalue weighted by Crippen LogP contribution is -2.22. The Bertz CT molecular complexity index is 540. The number of nitrogens with zero attached hydrogens (tertiary/aromatic N) is 3. The molecule has 0 saturated carbocycles. The number of aromatic nitrogens is 2. The normalized spacial score (nSPS) is 21.4. The second-order valence-electron chi connectivity index (χ2n) is 4.46. The van der Waals surface area contributed by atoms with Crippen LogP contribution in [0.25, 0.3) is 5.65 Å². The lowest BCUT2D eigenvalue weighted by molar-refractivity contribution is 0.174. The monoisotopic (exact) mass is 251 g/mol. The van der Waals surface area contributed by atoms with Gasteiger partial charge in [0.25, 0.3) is 0 Å². The molecule has 0 aliphatic carbocycles. The van der Waals surface area contributed by atoms with E-state index >= 15 is 0 Å². The molecule has 0 radical (unpaired) electrons. The fourth-order valence-electron chi connectivity index (χ4n) is 2.33. The second kappa shape index (κ2) is 4.29. The number of likely N-dealkylation sites (tertiary alicyclic amines) is 1. The van der Waals surface area contributed by atoms with Gasteiger partial charge in [0.15, 0.2) is 5.15 Å². The molecular formula is C12H14ClN3O. The summed E-state index contributed by atoms with van der Waals surface area (Å²) in [7, 11) is 0. The summed E-state index contributed by atoms with van der Waals surface area (Å²) in [5.74, 6) is 0. The molecule has 0 spiro atoms. The number of imidazole rings is 1. The molecule has 0 amide bonds. The minimum absolute atomic E-state index is 0.201. The van der Waals surface area contributed by atoms with E-state index in [2.05, 4.69) is 9.88 Å². The molecule has 1 atom stereocenters. The highest BCUT2D eigenvalue weighted by Crippen LogP contribution is 2.21. The van der Waals surface area contributed by atoms with Crippen molar-refractivity contribution in [2.75, 3.05) is 13.1 Å². The van der Waals surface area contributed by atoms with Gasteiger partial charge >= 0.3 is 0 Å². The molecule has 2 aromatic rings. The Labute approximate surface area is 104 Å². The molecule has 0 aromatic carbocycles. The predicted octanol–water partition coefficient (Wildman–Crippen LogP) is 1.55. The maximum absolute atomic E-state index is 9.51. The van der Waals surface area contributed by atoms with E-state index in [4.69, 9.17) is 11.6 Å². The van der Waals surface area contributed by atoms with Crippen LogP contribution in [0.3, 0.4) is 0 Å². The molecule has 3 heterocycles. The van der Waals surface area contributed by atoms with Gasteiger partial charge in [-0.15, -0.1) is 0 Å². The third kappa shape index (κ3) is 2.04. The number of halogens is 1. The second-order valence-corrected chi connectivity index (χ2v) is 4.81. The molecule has 1 aliphatic rings. The van der Waals surface area contributed by atoms with Gasteiger partial charge in [-0.2, -0.15) is 0 Å². The first-order chi connectivity index (χ1) is 8.24. The minimum Gasteiger partial charge on any atom is -0.392 e. The van der Waals surface area contributed by atoms with Gasteiger partial charge < -0.3 is 9.51 Å². The van der Waals surface area contributed by atoms with Crippen molar-refractivity contribution in [3.8, 4) is 0 Å². The van der Waals surface area contributed by atoms with Gasteiger partial charge in [0.2, 0.25) is 0 Å². The Hall–Kier alpha value is -1.10. The molecule has 17 heavy (non-hydrogen) atoms. The predicted molar refractivity (Wildman–Crippen MR) is 66.1 cm³/mol.